The molecule has 0 saturated heterocycles. The summed E-state index contributed by atoms with van der Waals surface area (Å²) in [5.74, 6) is 0.791. The van der Waals surface area contributed by atoms with Crippen molar-refractivity contribution in [1.82, 2.24) is 9.78 Å². The molecule has 3 rings (SSSR count). The number of hydrogen-bond acceptors (Lipinski definition) is 3. The Labute approximate surface area is 124 Å². The molecule has 110 valence electrons. The van der Waals surface area contributed by atoms with Gasteiger partial charge in [-0.3, -0.25) is 4.68 Å². The summed E-state index contributed by atoms with van der Waals surface area (Å²) in [4.78, 5) is 0. The molecule has 3 aromatic rings. The third kappa shape index (κ3) is 2.20. The molecule has 4 nitrogen and oxygen atoms in total. The zero-order valence-corrected chi connectivity index (χ0v) is 13.0. The first-order valence-corrected chi connectivity index (χ1v) is 7.28. The molecular weight excluding hydrogens is 262 g/mol. The first-order valence-electron chi connectivity index (χ1n) is 7.28. The molecular formula is C17H21N3O. The van der Waals surface area contributed by atoms with Crippen LogP contribution in [0.3, 0.4) is 0 Å². The van der Waals surface area contributed by atoms with Crippen LogP contribution in [-0.4, -0.2) is 9.78 Å². The van der Waals surface area contributed by atoms with Crippen molar-refractivity contribution in [3.63, 3.8) is 0 Å². The van der Waals surface area contributed by atoms with E-state index in [0.29, 0.717) is 5.69 Å². The Balaban J connectivity index is 2.23. The zero-order chi connectivity index (χ0) is 15.2. The van der Waals surface area contributed by atoms with Crippen LogP contribution in [0, 0.1) is 0 Å². The molecule has 0 atom stereocenters. The molecule has 2 aromatic heterocycles. The Morgan fingerprint density at radius 2 is 1.95 bits per heavy atom. The highest BCUT2D eigenvalue weighted by atomic mass is 16.3. The summed E-state index contributed by atoms with van der Waals surface area (Å²) in [5, 5.41) is 5.79. The largest absolute Gasteiger partial charge is 0.454 e. The van der Waals surface area contributed by atoms with Crippen molar-refractivity contribution in [3.8, 4) is 11.5 Å². The third-order valence-corrected chi connectivity index (χ3v) is 3.70. The summed E-state index contributed by atoms with van der Waals surface area (Å²) in [6.07, 6.45) is 2.76. The van der Waals surface area contributed by atoms with Crippen molar-refractivity contribution in [2.45, 2.75) is 39.7 Å². The van der Waals surface area contributed by atoms with E-state index >= 15 is 0 Å². The van der Waals surface area contributed by atoms with E-state index in [9.17, 15) is 0 Å². The van der Waals surface area contributed by atoms with Crippen molar-refractivity contribution in [3.05, 3.63) is 36.0 Å². The van der Waals surface area contributed by atoms with E-state index in [1.807, 2.05) is 29.1 Å². The molecule has 0 saturated carbocycles. The second-order valence-electron chi connectivity index (χ2n) is 6.31. The van der Waals surface area contributed by atoms with E-state index in [1.165, 1.54) is 0 Å². The standard InChI is InChI=1S/C17H21N3O/c1-5-11-12-8-6-7-9-14(12)21-16(11)15-13(18)10-20(19-15)17(2,3)4/h6-10H,5,18H2,1-4H3. The van der Waals surface area contributed by atoms with Gasteiger partial charge >= 0.3 is 0 Å². The number of anilines is 1. The fraction of sp³-hybridized carbons (Fsp3) is 0.353. The SMILES string of the molecule is CCc1c(-c2nn(C(C)(C)C)cc2N)oc2ccccc12. The van der Waals surface area contributed by atoms with Gasteiger partial charge in [0.25, 0.3) is 0 Å². The lowest BCUT2D eigenvalue weighted by molar-refractivity contribution is 0.356. The number of furan rings is 1. The fourth-order valence-corrected chi connectivity index (χ4v) is 2.55. The van der Waals surface area contributed by atoms with Crippen LogP contribution in [0.25, 0.3) is 22.4 Å². The normalized spacial score (nSPS) is 12.2. The molecule has 0 aliphatic carbocycles. The van der Waals surface area contributed by atoms with Crippen LogP contribution in [0.1, 0.15) is 33.3 Å². The van der Waals surface area contributed by atoms with Gasteiger partial charge in [0.05, 0.1) is 11.2 Å². The molecule has 0 radical (unpaired) electrons. The maximum absolute atomic E-state index is 6.17. The van der Waals surface area contributed by atoms with Gasteiger partial charge in [0.15, 0.2) is 11.5 Å². The van der Waals surface area contributed by atoms with Gasteiger partial charge in [-0.1, -0.05) is 25.1 Å². The predicted octanol–water partition coefficient (Wildman–Crippen LogP) is 4.20. The first kappa shape index (κ1) is 13.7. The maximum atomic E-state index is 6.17. The number of aryl methyl sites for hydroxylation is 1. The quantitative estimate of drug-likeness (QED) is 0.767. The summed E-state index contributed by atoms with van der Waals surface area (Å²) in [5.41, 5.74) is 9.50. The van der Waals surface area contributed by atoms with E-state index in [4.69, 9.17) is 10.2 Å². The molecule has 0 aliphatic rings. The maximum Gasteiger partial charge on any atom is 0.160 e. The number of nitrogen functional groups attached to an aromatic ring is 1. The minimum absolute atomic E-state index is 0.106. The Bertz CT molecular complexity index is 790. The van der Waals surface area contributed by atoms with Crippen molar-refractivity contribution < 1.29 is 4.42 Å². The molecule has 0 amide bonds. The molecule has 2 heterocycles. The van der Waals surface area contributed by atoms with Crippen LogP contribution in [0.4, 0.5) is 5.69 Å². The Hall–Kier alpha value is -2.23. The van der Waals surface area contributed by atoms with E-state index in [1.54, 1.807) is 0 Å². The first-order chi connectivity index (χ1) is 9.91. The average Bonchev–Trinajstić information content (AvgIpc) is 2.98. The van der Waals surface area contributed by atoms with Gasteiger partial charge in [0.1, 0.15) is 5.58 Å². The molecule has 2 N–H and O–H groups in total. The topological polar surface area (TPSA) is 57.0 Å². The number of rotatable bonds is 2. The van der Waals surface area contributed by atoms with Crippen LogP contribution in [-0.2, 0) is 12.0 Å². The van der Waals surface area contributed by atoms with E-state index in [0.717, 1.165) is 34.4 Å². The molecule has 0 aliphatic heterocycles. The number of aromatic nitrogens is 2. The second kappa shape index (κ2) is 4.65. The minimum Gasteiger partial charge on any atom is -0.454 e. The van der Waals surface area contributed by atoms with Crippen molar-refractivity contribution in [2.75, 3.05) is 5.73 Å². The number of benzene rings is 1. The van der Waals surface area contributed by atoms with E-state index in [2.05, 4.69) is 38.9 Å². The van der Waals surface area contributed by atoms with Crippen LogP contribution in [0.5, 0.6) is 0 Å². The Morgan fingerprint density at radius 1 is 1.24 bits per heavy atom. The molecule has 0 spiro atoms. The van der Waals surface area contributed by atoms with Gasteiger partial charge in [-0.2, -0.15) is 5.10 Å². The Kier molecular flexibility index (Phi) is 3.04. The molecule has 21 heavy (non-hydrogen) atoms. The van der Waals surface area contributed by atoms with E-state index in [-0.39, 0.29) is 5.54 Å². The lowest BCUT2D eigenvalue weighted by Gasteiger charge is -2.18. The molecule has 0 unspecified atom stereocenters. The summed E-state index contributed by atoms with van der Waals surface area (Å²) in [6, 6.07) is 8.07. The molecule has 0 fully saturated rings. The highest BCUT2D eigenvalue weighted by Crippen LogP contribution is 2.36. The second-order valence-corrected chi connectivity index (χ2v) is 6.31. The number of para-hydroxylation sites is 1. The smallest absolute Gasteiger partial charge is 0.160 e. The number of fused-ring (bicyclic) bond motifs is 1. The number of nitrogens with two attached hydrogens (primary N) is 1. The van der Waals surface area contributed by atoms with Gasteiger partial charge in [0, 0.05) is 17.1 Å². The summed E-state index contributed by atoms with van der Waals surface area (Å²) < 4.78 is 7.92. The molecule has 0 bridgehead atoms. The molecule has 4 heteroatoms. The van der Waals surface area contributed by atoms with Gasteiger partial charge in [-0.05, 0) is 33.3 Å². The monoisotopic (exact) mass is 283 g/mol. The number of nitrogens with zero attached hydrogens (tertiary/aromatic N) is 2. The third-order valence-electron chi connectivity index (χ3n) is 3.70. The van der Waals surface area contributed by atoms with Crippen LogP contribution < -0.4 is 5.73 Å². The lowest BCUT2D eigenvalue weighted by Crippen LogP contribution is -2.22. The summed E-state index contributed by atoms with van der Waals surface area (Å²) in [7, 11) is 0. The van der Waals surface area contributed by atoms with Crippen molar-refractivity contribution >= 4 is 16.7 Å². The van der Waals surface area contributed by atoms with Gasteiger partial charge in [0.2, 0.25) is 0 Å². The van der Waals surface area contributed by atoms with Crippen molar-refractivity contribution in [2.24, 2.45) is 0 Å². The Morgan fingerprint density at radius 3 is 2.57 bits per heavy atom. The van der Waals surface area contributed by atoms with E-state index < -0.39 is 0 Å². The van der Waals surface area contributed by atoms with Gasteiger partial charge in [-0.15, -0.1) is 0 Å². The van der Waals surface area contributed by atoms with Crippen LogP contribution in [0.15, 0.2) is 34.9 Å². The highest BCUT2D eigenvalue weighted by Gasteiger charge is 2.22. The average molecular weight is 283 g/mol. The summed E-state index contributed by atoms with van der Waals surface area (Å²) in [6.45, 7) is 8.42. The predicted molar refractivity (Wildman–Crippen MR) is 86.2 cm³/mol. The number of hydrogen-bond donors (Lipinski definition) is 1. The summed E-state index contributed by atoms with van der Waals surface area (Å²) >= 11 is 0. The lowest BCUT2D eigenvalue weighted by atomic mass is 10.1. The van der Waals surface area contributed by atoms with Crippen molar-refractivity contribution in [1.29, 1.82) is 0 Å². The van der Waals surface area contributed by atoms with Crippen LogP contribution >= 0.6 is 0 Å². The highest BCUT2D eigenvalue weighted by molar-refractivity contribution is 5.89. The molecule has 1 aromatic carbocycles. The van der Waals surface area contributed by atoms with Gasteiger partial charge < -0.3 is 10.2 Å². The van der Waals surface area contributed by atoms with Gasteiger partial charge in [-0.25, -0.2) is 0 Å². The van der Waals surface area contributed by atoms with Crippen LogP contribution in [0.2, 0.25) is 0 Å². The minimum atomic E-state index is -0.106. The fourth-order valence-electron chi connectivity index (χ4n) is 2.55. The zero-order valence-electron chi connectivity index (χ0n) is 13.0.